The fourth-order valence-corrected chi connectivity index (χ4v) is 1.70. The molecule has 0 saturated heterocycles. The van der Waals surface area contributed by atoms with Crippen LogP contribution in [-0.2, 0) is 0 Å². The van der Waals surface area contributed by atoms with E-state index in [1.165, 1.54) is 6.07 Å². The van der Waals surface area contributed by atoms with Gasteiger partial charge in [-0.05, 0) is 30.3 Å². The number of anilines is 3. The second-order valence-electron chi connectivity index (χ2n) is 3.85. The van der Waals surface area contributed by atoms with Crippen molar-refractivity contribution in [2.75, 3.05) is 17.7 Å². The first kappa shape index (κ1) is 11.9. The maximum atomic E-state index is 11.2. The van der Waals surface area contributed by atoms with Gasteiger partial charge in [-0.25, -0.2) is 4.79 Å². The first-order chi connectivity index (χ1) is 8.59. The molecule has 5 heteroatoms. The zero-order valence-electron chi connectivity index (χ0n) is 9.87. The number of pyridine rings is 1. The molecule has 0 unspecified atom stereocenters. The minimum Gasteiger partial charge on any atom is -0.478 e. The Morgan fingerprint density at radius 2 is 2.17 bits per heavy atom. The molecule has 0 fully saturated rings. The lowest BCUT2D eigenvalue weighted by Gasteiger charge is -2.21. The minimum absolute atomic E-state index is 0.204. The second-order valence-corrected chi connectivity index (χ2v) is 3.85. The van der Waals surface area contributed by atoms with Crippen LogP contribution < -0.4 is 10.6 Å². The summed E-state index contributed by atoms with van der Waals surface area (Å²) in [5.41, 5.74) is 7.77. The van der Waals surface area contributed by atoms with Crippen LogP contribution in [0.2, 0.25) is 0 Å². The predicted molar refractivity (Wildman–Crippen MR) is 70.1 cm³/mol. The summed E-state index contributed by atoms with van der Waals surface area (Å²) in [7, 11) is 1.78. The van der Waals surface area contributed by atoms with Crippen molar-refractivity contribution in [2.24, 2.45) is 0 Å². The quantitative estimate of drug-likeness (QED) is 0.807. The molecule has 2 aromatic rings. The topological polar surface area (TPSA) is 79.5 Å². The van der Waals surface area contributed by atoms with E-state index in [-0.39, 0.29) is 5.56 Å². The molecule has 0 aliphatic carbocycles. The standard InChI is InChI=1S/C13H13N3O2/c1-16(10-3-2-6-15-8-10)12-7-9(14)4-5-11(12)13(17)18/h2-8H,14H2,1H3,(H,17,18). The molecule has 1 aromatic carbocycles. The smallest absolute Gasteiger partial charge is 0.337 e. The van der Waals surface area contributed by atoms with Crippen molar-refractivity contribution < 1.29 is 9.90 Å². The third kappa shape index (κ3) is 2.24. The molecule has 0 bridgehead atoms. The summed E-state index contributed by atoms with van der Waals surface area (Å²) >= 11 is 0. The largest absolute Gasteiger partial charge is 0.478 e. The van der Waals surface area contributed by atoms with E-state index in [0.717, 1.165) is 5.69 Å². The number of carboxylic acids is 1. The summed E-state index contributed by atoms with van der Waals surface area (Å²) < 4.78 is 0. The number of benzene rings is 1. The molecule has 0 spiro atoms. The van der Waals surface area contributed by atoms with Gasteiger partial charge >= 0.3 is 5.97 Å². The normalized spacial score (nSPS) is 10.1. The number of carboxylic acid groups (broad SMARTS) is 1. The summed E-state index contributed by atoms with van der Waals surface area (Å²) in [6.45, 7) is 0. The van der Waals surface area contributed by atoms with Gasteiger partial charge in [0.25, 0.3) is 0 Å². The summed E-state index contributed by atoms with van der Waals surface area (Å²) in [6, 6.07) is 8.35. The Hall–Kier alpha value is -2.56. The molecule has 1 aromatic heterocycles. The van der Waals surface area contributed by atoms with Gasteiger partial charge in [-0.1, -0.05) is 0 Å². The van der Waals surface area contributed by atoms with E-state index in [0.29, 0.717) is 11.4 Å². The molecular weight excluding hydrogens is 230 g/mol. The van der Waals surface area contributed by atoms with Crippen LogP contribution in [0.4, 0.5) is 17.1 Å². The van der Waals surface area contributed by atoms with Gasteiger partial charge in [0.15, 0.2) is 0 Å². The summed E-state index contributed by atoms with van der Waals surface area (Å²) in [6.07, 6.45) is 3.32. The lowest BCUT2D eigenvalue weighted by Crippen LogP contribution is -2.14. The zero-order valence-corrected chi connectivity index (χ0v) is 9.87. The number of aromatic nitrogens is 1. The average molecular weight is 243 g/mol. The van der Waals surface area contributed by atoms with Crippen LogP contribution >= 0.6 is 0 Å². The summed E-state index contributed by atoms with van der Waals surface area (Å²) in [5, 5.41) is 9.17. The molecule has 0 aliphatic heterocycles. The fourth-order valence-electron chi connectivity index (χ4n) is 1.70. The third-order valence-electron chi connectivity index (χ3n) is 2.65. The molecule has 0 atom stereocenters. The lowest BCUT2D eigenvalue weighted by atomic mass is 10.1. The van der Waals surface area contributed by atoms with E-state index < -0.39 is 5.97 Å². The Morgan fingerprint density at radius 1 is 1.39 bits per heavy atom. The Morgan fingerprint density at radius 3 is 2.78 bits per heavy atom. The Kier molecular flexibility index (Phi) is 3.14. The molecule has 1 heterocycles. The van der Waals surface area contributed by atoms with Gasteiger partial charge in [-0.15, -0.1) is 0 Å². The third-order valence-corrected chi connectivity index (χ3v) is 2.65. The molecule has 3 N–H and O–H groups in total. The monoisotopic (exact) mass is 243 g/mol. The van der Waals surface area contributed by atoms with Gasteiger partial charge in [0.1, 0.15) is 0 Å². The maximum absolute atomic E-state index is 11.2. The molecular formula is C13H13N3O2. The minimum atomic E-state index is -0.985. The van der Waals surface area contributed by atoms with Gasteiger partial charge in [-0.3, -0.25) is 4.98 Å². The summed E-state index contributed by atoms with van der Waals surface area (Å²) in [5.74, 6) is -0.985. The van der Waals surface area contributed by atoms with Crippen molar-refractivity contribution in [2.45, 2.75) is 0 Å². The Labute approximate surface area is 104 Å². The van der Waals surface area contributed by atoms with Gasteiger partial charge in [-0.2, -0.15) is 0 Å². The van der Waals surface area contributed by atoms with E-state index in [1.54, 1.807) is 42.5 Å². The molecule has 0 amide bonds. The van der Waals surface area contributed by atoms with Crippen LogP contribution in [0, 0.1) is 0 Å². The Balaban J connectivity index is 2.50. The molecule has 0 radical (unpaired) electrons. The van der Waals surface area contributed by atoms with Gasteiger partial charge < -0.3 is 15.7 Å². The van der Waals surface area contributed by atoms with Crippen molar-refractivity contribution in [1.82, 2.24) is 4.98 Å². The fraction of sp³-hybridized carbons (Fsp3) is 0.0769. The Bertz CT molecular complexity index is 570. The number of aromatic carboxylic acids is 1. The number of nitrogens with two attached hydrogens (primary N) is 1. The van der Waals surface area contributed by atoms with Gasteiger partial charge in [0.2, 0.25) is 0 Å². The van der Waals surface area contributed by atoms with Crippen LogP contribution in [0.3, 0.4) is 0 Å². The van der Waals surface area contributed by atoms with Crippen molar-refractivity contribution >= 4 is 23.0 Å². The molecule has 92 valence electrons. The van der Waals surface area contributed by atoms with Crippen LogP contribution in [-0.4, -0.2) is 23.1 Å². The number of hydrogen-bond acceptors (Lipinski definition) is 4. The molecule has 0 saturated carbocycles. The van der Waals surface area contributed by atoms with Gasteiger partial charge in [0.05, 0.1) is 23.1 Å². The highest BCUT2D eigenvalue weighted by atomic mass is 16.4. The van der Waals surface area contributed by atoms with Crippen LogP contribution in [0.1, 0.15) is 10.4 Å². The van der Waals surface area contributed by atoms with Crippen molar-refractivity contribution in [3.05, 3.63) is 48.3 Å². The van der Waals surface area contributed by atoms with Crippen LogP contribution in [0.25, 0.3) is 0 Å². The van der Waals surface area contributed by atoms with Crippen molar-refractivity contribution in [3.8, 4) is 0 Å². The molecule has 0 aliphatic rings. The zero-order chi connectivity index (χ0) is 13.1. The number of hydrogen-bond donors (Lipinski definition) is 2. The first-order valence-corrected chi connectivity index (χ1v) is 5.36. The van der Waals surface area contributed by atoms with Crippen molar-refractivity contribution in [3.63, 3.8) is 0 Å². The number of nitrogens with zero attached hydrogens (tertiary/aromatic N) is 2. The number of rotatable bonds is 3. The highest BCUT2D eigenvalue weighted by Gasteiger charge is 2.14. The second kappa shape index (κ2) is 4.75. The van der Waals surface area contributed by atoms with E-state index in [2.05, 4.69) is 4.98 Å². The highest BCUT2D eigenvalue weighted by molar-refractivity contribution is 5.96. The average Bonchev–Trinajstić information content (AvgIpc) is 2.38. The lowest BCUT2D eigenvalue weighted by molar-refractivity contribution is 0.0697. The van der Waals surface area contributed by atoms with Gasteiger partial charge in [0, 0.05) is 18.9 Å². The van der Waals surface area contributed by atoms with E-state index in [9.17, 15) is 4.79 Å². The summed E-state index contributed by atoms with van der Waals surface area (Å²) in [4.78, 5) is 16.9. The van der Waals surface area contributed by atoms with Crippen LogP contribution in [0.5, 0.6) is 0 Å². The van der Waals surface area contributed by atoms with Crippen molar-refractivity contribution in [1.29, 1.82) is 0 Å². The number of carbonyl (C=O) groups is 1. The molecule has 2 rings (SSSR count). The molecule has 5 nitrogen and oxygen atoms in total. The van der Waals surface area contributed by atoms with Crippen LogP contribution in [0.15, 0.2) is 42.7 Å². The number of nitrogen functional groups attached to an aromatic ring is 1. The SMILES string of the molecule is CN(c1cccnc1)c1cc(N)ccc1C(=O)O. The van der Waals surface area contributed by atoms with E-state index >= 15 is 0 Å². The van der Waals surface area contributed by atoms with E-state index in [1.807, 2.05) is 6.07 Å². The maximum Gasteiger partial charge on any atom is 0.337 e. The predicted octanol–water partition coefficient (Wildman–Crippen LogP) is 2.13. The highest BCUT2D eigenvalue weighted by Crippen LogP contribution is 2.28. The molecule has 18 heavy (non-hydrogen) atoms. The first-order valence-electron chi connectivity index (χ1n) is 5.36. The van der Waals surface area contributed by atoms with E-state index in [4.69, 9.17) is 10.8 Å².